The average molecular weight is 425 g/mol. The first-order chi connectivity index (χ1) is 14.7. The summed E-state index contributed by atoms with van der Waals surface area (Å²) >= 11 is 6.11. The number of aromatic amines is 1. The molecule has 2 aliphatic heterocycles. The van der Waals surface area contributed by atoms with Crippen LogP contribution in [0.2, 0.25) is 5.02 Å². The highest BCUT2D eigenvalue weighted by Gasteiger charge is 2.26. The number of nitrogens with zero attached hydrogens (tertiary/aromatic N) is 3. The molecule has 2 aliphatic rings. The molecular formula is C22H21ClN4O3. The quantitative estimate of drug-likeness (QED) is 0.697. The Balaban J connectivity index is 1.32. The number of halogens is 1. The van der Waals surface area contributed by atoms with Crippen LogP contribution in [0.5, 0.6) is 11.5 Å². The van der Waals surface area contributed by atoms with Gasteiger partial charge >= 0.3 is 0 Å². The first-order valence-electron chi connectivity index (χ1n) is 9.92. The van der Waals surface area contributed by atoms with E-state index in [1.54, 1.807) is 6.20 Å². The van der Waals surface area contributed by atoms with Gasteiger partial charge < -0.3 is 19.3 Å². The van der Waals surface area contributed by atoms with Crippen molar-refractivity contribution in [2.45, 2.75) is 0 Å². The molecule has 3 aromatic rings. The van der Waals surface area contributed by atoms with Crippen molar-refractivity contribution in [2.75, 3.05) is 44.3 Å². The number of carbonyl (C=O) groups is 1. The maximum atomic E-state index is 13.2. The molecule has 2 aromatic carbocycles. The molecule has 1 aromatic heterocycles. The number of H-pyrrole nitrogens is 1. The second-order valence-corrected chi connectivity index (χ2v) is 7.71. The minimum atomic E-state index is -0.0283. The lowest BCUT2D eigenvalue weighted by Crippen LogP contribution is -2.48. The van der Waals surface area contributed by atoms with E-state index in [0.717, 1.165) is 30.1 Å². The van der Waals surface area contributed by atoms with Gasteiger partial charge in [0, 0.05) is 42.5 Å². The van der Waals surface area contributed by atoms with E-state index in [4.69, 9.17) is 21.1 Å². The van der Waals surface area contributed by atoms with Gasteiger partial charge in [0.1, 0.15) is 13.2 Å². The van der Waals surface area contributed by atoms with E-state index in [0.29, 0.717) is 48.3 Å². The molecule has 154 valence electrons. The summed E-state index contributed by atoms with van der Waals surface area (Å²) in [6, 6.07) is 13.5. The van der Waals surface area contributed by atoms with Gasteiger partial charge in [-0.25, -0.2) is 0 Å². The van der Waals surface area contributed by atoms with Gasteiger partial charge in [-0.3, -0.25) is 9.89 Å². The molecule has 5 rings (SSSR count). The monoisotopic (exact) mass is 424 g/mol. The minimum Gasteiger partial charge on any atom is -0.486 e. The summed E-state index contributed by atoms with van der Waals surface area (Å²) in [5, 5.41) is 7.82. The molecule has 1 saturated heterocycles. The molecule has 1 N–H and O–H groups in total. The summed E-state index contributed by atoms with van der Waals surface area (Å²) < 4.78 is 11.3. The van der Waals surface area contributed by atoms with E-state index in [1.807, 2.05) is 47.4 Å². The van der Waals surface area contributed by atoms with E-state index < -0.39 is 0 Å². The number of hydrogen-bond acceptors (Lipinski definition) is 5. The molecule has 0 saturated carbocycles. The smallest absolute Gasteiger partial charge is 0.257 e. The molecule has 8 heteroatoms. The number of hydrogen-bond donors (Lipinski definition) is 1. The van der Waals surface area contributed by atoms with Crippen LogP contribution in [0.15, 0.2) is 48.7 Å². The lowest BCUT2D eigenvalue weighted by molar-refractivity contribution is 0.0747. The predicted molar refractivity (Wildman–Crippen MR) is 115 cm³/mol. The highest BCUT2D eigenvalue weighted by Crippen LogP contribution is 2.35. The molecule has 30 heavy (non-hydrogen) atoms. The fourth-order valence-corrected chi connectivity index (χ4v) is 4.06. The Morgan fingerprint density at radius 2 is 1.80 bits per heavy atom. The standard InChI is InChI=1S/C22H21ClN4O3/c23-16-2-1-3-17(13-16)26-6-8-27(9-7-26)22(28)18-14-24-25-21(18)15-4-5-19-20(12-15)30-11-10-29-19/h1-5,12-14H,6-11H2,(H,24,25). The summed E-state index contributed by atoms with van der Waals surface area (Å²) in [5.41, 5.74) is 3.17. The molecule has 3 heterocycles. The summed E-state index contributed by atoms with van der Waals surface area (Å²) in [7, 11) is 0. The Kier molecular flexibility index (Phi) is 4.96. The molecule has 0 atom stereocenters. The van der Waals surface area contributed by atoms with Gasteiger partial charge in [-0.15, -0.1) is 0 Å². The zero-order valence-corrected chi connectivity index (χ0v) is 17.1. The first kappa shape index (κ1) is 18.8. The SMILES string of the molecule is O=C(c1cn[nH]c1-c1ccc2c(c1)OCCO2)N1CCN(c2cccc(Cl)c2)CC1. The molecule has 0 bridgehead atoms. The van der Waals surface area contributed by atoms with Gasteiger partial charge in [-0.2, -0.15) is 5.10 Å². The number of carbonyl (C=O) groups excluding carboxylic acids is 1. The fraction of sp³-hybridized carbons (Fsp3) is 0.273. The highest BCUT2D eigenvalue weighted by atomic mass is 35.5. The number of fused-ring (bicyclic) bond motifs is 1. The Morgan fingerprint density at radius 1 is 1.00 bits per heavy atom. The molecule has 0 unspecified atom stereocenters. The zero-order chi connectivity index (χ0) is 20.5. The van der Waals surface area contributed by atoms with Crippen molar-refractivity contribution in [3.05, 3.63) is 59.2 Å². The molecule has 1 amide bonds. The van der Waals surface area contributed by atoms with Gasteiger partial charge in [0.15, 0.2) is 11.5 Å². The van der Waals surface area contributed by atoms with Crippen LogP contribution in [0.1, 0.15) is 10.4 Å². The number of rotatable bonds is 3. The van der Waals surface area contributed by atoms with Crippen LogP contribution in [-0.2, 0) is 0 Å². The molecule has 0 aliphatic carbocycles. The van der Waals surface area contributed by atoms with Gasteiger partial charge in [-0.1, -0.05) is 17.7 Å². The van der Waals surface area contributed by atoms with Crippen LogP contribution in [0.25, 0.3) is 11.3 Å². The van der Waals surface area contributed by atoms with Crippen molar-refractivity contribution >= 4 is 23.2 Å². The summed E-state index contributed by atoms with van der Waals surface area (Å²) in [6.45, 7) is 3.84. The molecule has 0 radical (unpaired) electrons. The van der Waals surface area contributed by atoms with Crippen LogP contribution in [-0.4, -0.2) is 60.4 Å². The minimum absolute atomic E-state index is 0.0283. The number of amides is 1. The second kappa shape index (κ2) is 7.91. The third-order valence-corrected chi connectivity index (χ3v) is 5.68. The van der Waals surface area contributed by atoms with Crippen LogP contribution in [0, 0.1) is 0 Å². The highest BCUT2D eigenvalue weighted by molar-refractivity contribution is 6.30. The Bertz CT molecular complexity index is 1080. The Labute approximate surface area is 179 Å². The van der Waals surface area contributed by atoms with Crippen LogP contribution in [0.4, 0.5) is 5.69 Å². The van der Waals surface area contributed by atoms with Crippen molar-refractivity contribution < 1.29 is 14.3 Å². The molecule has 7 nitrogen and oxygen atoms in total. The van der Waals surface area contributed by atoms with Crippen molar-refractivity contribution in [1.29, 1.82) is 0 Å². The van der Waals surface area contributed by atoms with Crippen molar-refractivity contribution in [3.63, 3.8) is 0 Å². The van der Waals surface area contributed by atoms with Crippen molar-refractivity contribution in [1.82, 2.24) is 15.1 Å². The molecular weight excluding hydrogens is 404 g/mol. The molecule has 1 fully saturated rings. The summed E-state index contributed by atoms with van der Waals surface area (Å²) in [4.78, 5) is 17.3. The van der Waals surface area contributed by atoms with E-state index >= 15 is 0 Å². The number of nitrogens with one attached hydrogen (secondary N) is 1. The average Bonchev–Trinajstić information content (AvgIpc) is 3.28. The van der Waals surface area contributed by atoms with Crippen molar-refractivity contribution in [3.8, 4) is 22.8 Å². The summed E-state index contributed by atoms with van der Waals surface area (Å²) in [5.74, 6) is 1.37. The third kappa shape index (κ3) is 3.57. The van der Waals surface area contributed by atoms with E-state index in [1.165, 1.54) is 0 Å². The predicted octanol–water partition coefficient (Wildman–Crippen LogP) is 3.46. The third-order valence-electron chi connectivity index (χ3n) is 5.44. The van der Waals surface area contributed by atoms with Crippen LogP contribution in [0.3, 0.4) is 0 Å². The van der Waals surface area contributed by atoms with Gasteiger partial charge in [-0.05, 0) is 36.4 Å². The molecule has 0 spiro atoms. The largest absolute Gasteiger partial charge is 0.486 e. The lowest BCUT2D eigenvalue weighted by Gasteiger charge is -2.36. The van der Waals surface area contributed by atoms with E-state index in [-0.39, 0.29) is 5.91 Å². The van der Waals surface area contributed by atoms with Gasteiger partial charge in [0.25, 0.3) is 5.91 Å². The number of ether oxygens (including phenoxy) is 2. The lowest BCUT2D eigenvalue weighted by atomic mass is 10.1. The van der Waals surface area contributed by atoms with Crippen LogP contribution >= 0.6 is 11.6 Å². The topological polar surface area (TPSA) is 70.7 Å². The van der Waals surface area contributed by atoms with E-state index in [9.17, 15) is 4.79 Å². The zero-order valence-electron chi connectivity index (χ0n) is 16.3. The Hall–Kier alpha value is -3.19. The maximum absolute atomic E-state index is 13.2. The number of anilines is 1. The van der Waals surface area contributed by atoms with E-state index in [2.05, 4.69) is 15.1 Å². The number of aromatic nitrogens is 2. The van der Waals surface area contributed by atoms with Gasteiger partial charge in [0.05, 0.1) is 17.5 Å². The Morgan fingerprint density at radius 3 is 2.60 bits per heavy atom. The van der Waals surface area contributed by atoms with Crippen LogP contribution < -0.4 is 14.4 Å². The summed E-state index contributed by atoms with van der Waals surface area (Å²) in [6.07, 6.45) is 1.60. The normalized spacial score (nSPS) is 15.9. The first-order valence-corrected chi connectivity index (χ1v) is 10.3. The number of piperazine rings is 1. The van der Waals surface area contributed by atoms with Crippen molar-refractivity contribution in [2.24, 2.45) is 0 Å². The van der Waals surface area contributed by atoms with Gasteiger partial charge in [0.2, 0.25) is 0 Å². The second-order valence-electron chi connectivity index (χ2n) is 7.28. The maximum Gasteiger partial charge on any atom is 0.257 e. The fourth-order valence-electron chi connectivity index (χ4n) is 3.88. The number of benzene rings is 2.